The number of nitrogens with zero attached hydrogens (tertiary/aromatic N) is 1. The van der Waals surface area contributed by atoms with Gasteiger partial charge in [0.15, 0.2) is 0 Å². The van der Waals surface area contributed by atoms with Crippen molar-refractivity contribution in [1.82, 2.24) is 0 Å². The lowest BCUT2D eigenvalue weighted by molar-refractivity contribution is 0.0635. The Bertz CT molecular complexity index is 820. The first-order chi connectivity index (χ1) is 13.7. The maximum atomic E-state index is 12.2. The van der Waals surface area contributed by atoms with Crippen molar-refractivity contribution in [3.63, 3.8) is 0 Å². The molecule has 1 saturated heterocycles. The van der Waals surface area contributed by atoms with Crippen LogP contribution in [0.4, 0.5) is 16.2 Å². The minimum Gasteiger partial charge on any atom is -0.444 e. The second-order valence-electron chi connectivity index (χ2n) is 8.63. The van der Waals surface area contributed by atoms with Crippen LogP contribution in [0.1, 0.15) is 50.0 Å². The third-order valence-electron chi connectivity index (χ3n) is 5.02. The molecule has 5 heteroatoms. The molecule has 0 saturated carbocycles. The molecule has 156 valence electrons. The molecule has 1 amide bonds. The fourth-order valence-corrected chi connectivity index (χ4v) is 3.69. The van der Waals surface area contributed by atoms with Crippen molar-refractivity contribution < 1.29 is 14.3 Å². The molecule has 5 nitrogen and oxygen atoms in total. The van der Waals surface area contributed by atoms with E-state index in [0.717, 1.165) is 42.0 Å². The summed E-state index contributed by atoms with van der Waals surface area (Å²) in [5.41, 5.74) is 4.74. The Balaban J connectivity index is 1.70. The summed E-state index contributed by atoms with van der Waals surface area (Å²) in [6, 6.07) is 14.7. The van der Waals surface area contributed by atoms with Gasteiger partial charge >= 0.3 is 6.09 Å². The highest BCUT2D eigenvalue weighted by Crippen LogP contribution is 2.30. The van der Waals surface area contributed by atoms with E-state index in [9.17, 15) is 4.79 Å². The molecule has 0 bridgehead atoms. The van der Waals surface area contributed by atoms with Crippen molar-refractivity contribution in [1.29, 1.82) is 0 Å². The summed E-state index contributed by atoms with van der Waals surface area (Å²) in [6.45, 7) is 12.1. The largest absolute Gasteiger partial charge is 0.444 e. The number of carbonyl (C=O) groups is 1. The molecule has 0 radical (unpaired) electrons. The molecule has 29 heavy (non-hydrogen) atoms. The second kappa shape index (κ2) is 8.87. The van der Waals surface area contributed by atoms with Gasteiger partial charge in [0.25, 0.3) is 0 Å². The molecule has 2 aromatic rings. The number of ether oxygens (including phenoxy) is 2. The summed E-state index contributed by atoms with van der Waals surface area (Å²) in [7, 11) is 0. The molecule has 0 spiro atoms. The van der Waals surface area contributed by atoms with Gasteiger partial charge in [-0.15, -0.1) is 0 Å². The minimum absolute atomic E-state index is 0.136. The molecule has 2 aromatic carbocycles. The number of benzene rings is 2. The summed E-state index contributed by atoms with van der Waals surface area (Å²) in [6.07, 6.45) is 0.654. The SMILES string of the molecule is Cc1cc(N2CCO[C@H](c3ccccc3)CC2)cc(C)c1NC(=O)OC(C)(C)C. The van der Waals surface area contributed by atoms with E-state index in [1.807, 2.05) is 40.7 Å². The second-order valence-corrected chi connectivity index (χ2v) is 8.63. The van der Waals surface area contributed by atoms with Crippen LogP contribution >= 0.6 is 0 Å². The Labute approximate surface area is 174 Å². The van der Waals surface area contributed by atoms with Crippen molar-refractivity contribution in [2.75, 3.05) is 29.9 Å². The van der Waals surface area contributed by atoms with Gasteiger partial charge in [-0.3, -0.25) is 5.32 Å². The van der Waals surface area contributed by atoms with Gasteiger partial charge in [-0.05, 0) is 69.9 Å². The normalized spacial score (nSPS) is 17.6. The Morgan fingerprint density at radius 3 is 2.38 bits per heavy atom. The molecule has 1 atom stereocenters. The zero-order chi connectivity index (χ0) is 21.0. The van der Waals surface area contributed by atoms with Crippen LogP contribution in [0, 0.1) is 13.8 Å². The standard InChI is InChI=1S/C24H32N2O3/c1-17-15-20(16-18(2)22(17)25-23(27)29-24(3,4)5)26-12-11-21(28-14-13-26)19-9-7-6-8-10-19/h6-10,15-16,21H,11-14H2,1-5H3,(H,25,27)/t21-/m0/s1. The number of nitrogens with one attached hydrogen (secondary N) is 1. The zero-order valence-electron chi connectivity index (χ0n) is 18.1. The van der Waals surface area contributed by atoms with E-state index < -0.39 is 11.7 Å². The molecule has 1 N–H and O–H groups in total. The lowest BCUT2D eigenvalue weighted by Crippen LogP contribution is -2.28. The molecule has 0 aromatic heterocycles. The van der Waals surface area contributed by atoms with Crippen LogP contribution in [0.3, 0.4) is 0 Å². The van der Waals surface area contributed by atoms with E-state index in [1.54, 1.807) is 0 Å². The molecule has 1 heterocycles. The van der Waals surface area contributed by atoms with E-state index in [0.29, 0.717) is 6.61 Å². The number of hydrogen-bond acceptors (Lipinski definition) is 4. The highest BCUT2D eigenvalue weighted by molar-refractivity contribution is 5.87. The van der Waals surface area contributed by atoms with Gasteiger partial charge in [0.1, 0.15) is 5.60 Å². The van der Waals surface area contributed by atoms with Crippen LogP contribution in [-0.2, 0) is 9.47 Å². The number of aryl methyl sites for hydroxylation is 2. The fourth-order valence-electron chi connectivity index (χ4n) is 3.69. The Hall–Kier alpha value is -2.53. The maximum Gasteiger partial charge on any atom is 0.412 e. The van der Waals surface area contributed by atoms with E-state index >= 15 is 0 Å². The van der Waals surface area contributed by atoms with Crippen LogP contribution in [0.5, 0.6) is 0 Å². The van der Waals surface area contributed by atoms with E-state index in [1.165, 1.54) is 5.56 Å². The number of carbonyl (C=O) groups excluding carboxylic acids is 1. The zero-order valence-corrected chi connectivity index (χ0v) is 18.1. The molecular formula is C24H32N2O3. The summed E-state index contributed by atoms with van der Waals surface area (Å²) < 4.78 is 11.5. The molecule has 0 aliphatic carbocycles. The predicted octanol–water partition coefficient (Wildman–Crippen LogP) is 5.62. The molecule has 1 aliphatic rings. The fraction of sp³-hybridized carbons (Fsp3) is 0.458. The van der Waals surface area contributed by atoms with Crippen molar-refractivity contribution in [3.8, 4) is 0 Å². The van der Waals surface area contributed by atoms with Crippen molar-refractivity contribution in [2.45, 2.75) is 52.7 Å². The highest BCUT2D eigenvalue weighted by atomic mass is 16.6. The number of amides is 1. The molecule has 3 rings (SSSR count). The van der Waals surface area contributed by atoms with E-state index in [2.05, 4.69) is 46.6 Å². The average molecular weight is 397 g/mol. The van der Waals surface area contributed by atoms with Crippen LogP contribution in [0.15, 0.2) is 42.5 Å². The first kappa shape index (κ1) is 21.2. The Morgan fingerprint density at radius 1 is 1.10 bits per heavy atom. The van der Waals surface area contributed by atoms with Crippen molar-refractivity contribution in [3.05, 3.63) is 59.2 Å². The van der Waals surface area contributed by atoms with E-state index in [4.69, 9.17) is 9.47 Å². The topological polar surface area (TPSA) is 50.8 Å². The van der Waals surface area contributed by atoms with Crippen molar-refractivity contribution in [2.24, 2.45) is 0 Å². The van der Waals surface area contributed by atoms with Gasteiger partial charge in [0, 0.05) is 24.5 Å². The summed E-state index contributed by atoms with van der Waals surface area (Å²) >= 11 is 0. The summed E-state index contributed by atoms with van der Waals surface area (Å²) in [5, 5.41) is 2.90. The molecular weight excluding hydrogens is 364 g/mol. The predicted molar refractivity (Wildman–Crippen MR) is 118 cm³/mol. The highest BCUT2D eigenvalue weighted by Gasteiger charge is 2.21. The van der Waals surface area contributed by atoms with Gasteiger partial charge < -0.3 is 14.4 Å². The minimum atomic E-state index is -0.521. The summed E-state index contributed by atoms with van der Waals surface area (Å²) in [5.74, 6) is 0. The molecule has 0 unspecified atom stereocenters. The van der Waals surface area contributed by atoms with Crippen LogP contribution in [0.25, 0.3) is 0 Å². The third-order valence-corrected chi connectivity index (χ3v) is 5.02. The number of anilines is 2. The molecule has 1 fully saturated rings. The van der Waals surface area contributed by atoms with Gasteiger partial charge in [-0.2, -0.15) is 0 Å². The van der Waals surface area contributed by atoms with Crippen LogP contribution < -0.4 is 10.2 Å². The van der Waals surface area contributed by atoms with Gasteiger partial charge in [0.2, 0.25) is 0 Å². The molecule has 1 aliphatic heterocycles. The third kappa shape index (κ3) is 5.73. The first-order valence-electron chi connectivity index (χ1n) is 10.3. The first-order valence-corrected chi connectivity index (χ1v) is 10.3. The Morgan fingerprint density at radius 2 is 1.76 bits per heavy atom. The van der Waals surface area contributed by atoms with Gasteiger partial charge in [-0.1, -0.05) is 30.3 Å². The lowest BCUT2D eigenvalue weighted by atomic mass is 10.1. The number of hydrogen-bond donors (Lipinski definition) is 1. The van der Waals surface area contributed by atoms with Crippen molar-refractivity contribution >= 4 is 17.5 Å². The Kier molecular flexibility index (Phi) is 6.48. The lowest BCUT2D eigenvalue weighted by Gasteiger charge is -2.25. The van der Waals surface area contributed by atoms with Gasteiger partial charge in [-0.25, -0.2) is 4.79 Å². The monoisotopic (exact) mass is 396 g/mol. The maximum absolute atomic E-state index is 12.2. The average Bonchev–Trinajstić information content (AvgIpc) is 2.90. The smallest absolute Gasteiger partial charge is 0.412 e. The van der Waals surface area contributed by atoms with Gasteiger partial charge in [0.05, 0.1) is 12.7 Å². The van der Waals surface area contributed by atoms with Crippen LogP contribution in [0.2, 0.25) is 0 Å². The van der Waals surface area contributed by atoms with E-state index in [-0.39, 0.29) is 6.10 Å². The number of rotatable bonds is 3. The van der Waals surface area contributed by atoms with Crippen LogP contribution in [-0.4, -0.2) is 31.4 Å². The summed E-state index contributed by atoms with van der Waals surface area (Å²) in [4.78, 5) is 14.5. The quantitative estimate of drug-likeness (QED) is 0.732.